The molecule has 0 radical (unpaired) electrons. The van der Waals surface area contributed by atoms with E-state index >= 15 is 0 Å². The molecule has 1 heterocycles. The van der Waals surface area contributed by atoms with Gasteiger partial charge in [0.2, 0.25) is 5.91 Å². The zero-order valence-electron chi connectivity index (χ0n) is 12.3. The average Bonchev–Trinajstić information content (AvgIpc) is 2.67. The molecule has 0 aromatic rings. The Labute approximate surface area is 120 Å². The van der Waals surface area contributed by atoms with Crippen molar-refractivity contribution in [2.75, 3.05) is 18.1 Å². The average molecular weight is 283 g/mol. The van der Waals surface area contributed by atoms with E-state index in [0.29, 0.717) is 12.5 Å². The normalized spacial score (nSPS) is 35.8. The Morgan fingerprint density at radius 3 is 2.68 bits per heavy atom. The zero-order valence-corrected chi connectivity index (χ0v) is 13.1. The molecule has 2 N–H and O–H groups in total. The van der Waals surface area contributed by atoms with E-state index in [1.807, 2.05) is 0 Å². The van der Waals surface area contributed by atoms with Gasteiger partial charge in [0.25, 0.3) is 0 Å². The maximum absolute atomic E-state index is 12.3. The molecule has 3 unspecified atom stereocenters. The monoisotopic (exact) mass is 283 g/mol. The number of hydrogen-bond donors (Lipinski definition) is 2. The molecular weight excluding hydrogens is 258 g/mol. The highest BCUT2D eigenvalue weighted by Crippen LogP contribution is 2.59. The molecule has 2 fully saturated rings. The first-order chi connectivity index (χ1) is 8.76. The van der Waals surface area contributed by atoms with Gasteiger partial charge >= 0.3 is 0 Å². The van der Waals surface area contributed by atoms with Gasteiger partial charge in [0.1, 0.15) is 0 Å². The van der Waals surface area contributed by atoms with Crippen LogP contribution >= 0.6 is 11.8 Å². The van der Waals surface area contributed by atoms with Crippen LogP contribution in [0.15, 0.2) is 11.6 Å². The molecule has 3 atom stereocenters. The molecule has 1 saturated carbocycles. The van der Waals surface area contributed by atoms with E-state index in [2.05, 4.69) is 39.1 Å². The minimum absolute atomic E-state index is 0.0500. The molecule has 1 aliphatic carbocycles. The third kappa shape index (κ3) is 3.16. The lowest BCUT2D eigenvalue weighted by Gasteiger charge is -2.21. The molecular formula is C15H25NO2S. The van der Waals surface area contributed by atoms with Crippen LogP contribution in [0, 0.1) is 17.3 Å². The fourth-order valence-electron chi connectivity index (χ4n) is 2.95. The second kappa shape index (κ2) is 5.13. The van der Waals surface area contributed by atoms with Crippen molar-refractivity contribution >= 4 is 17.7 Å². The Bertz CT molecular complexity index is 393. The van der Waals surface area contributed by atoms with Gasteiger partial charge in [-0.05, 0) is 37.4 Å². The van der Waals surface area contributed by atoms with Gasteiger partial charge < -0.3 is 10.4 Å². The minimum Gasteiger partial charge on any atom is -0.387 e. The van der Waals surface area contributed by atoms with Crippen molar-refractivity contribution in [3.05, 3.63) is 11.6 Å². The minimum atomic E-state index is -0.689. The summed E-state index contributed by atoms with van der Waals surface area (Å²) < 4.78 is 0. The summed E-state index contributed by atoms with van der Waals surface area (Å²) in [6, 6.07) is 0. The van der Waals surface area contributed by atoms with Crippen LogP contribution in [0.3, 0.4) is 0 Å². The zero-order chi connectivity index (χ0) is 14.3. The summed E-state index contributed by atoms with van der Waals surface area (Å²) >= 11 is 1.75. The predicted molar refractivity (Wildman–Crippen MR) is 80.1 cm³/mol. The second-order valence-electron chi connectivity index (χ2n) is 6.81. The van der Waals surface area contributed by atoms with Crippen LogP contribution in [0.5, 0.6) is 0 Å². The van der Waals surface area contributed by atoms with E-state index in [1.165, 1.54) is 5.57 Å². The quantitative estimate of drug-likeness (QED) is 0.778. The van der Waals surface area contributed by atoms with Gasteiger partial charge in [-0.15, -0.1) is 0 Å². The number of hydrogen-bond acceptors (Lipinski definition) is 3. The van der Waals surface area contributed by atoms with Gasteiger partial charge in [-0.1, -0.05) is 25.5 Å². The topological polar surface area (TPSA) is 49.3 Å². The third-order valence-corrected chi connectivity index (χ3v) is 5.61. The Hall–Kier alpha value is -0.480. The molecule has 19 heavy (non-hydrogen) atoms. The van der Waals surface area contributed by atoms with Gasteiger partial charge in [0.05, 0.1) is 11.5 Å². The smallest absolute Gasteiger partial charge is 0.224 e. The number of aliphatic hydroxyl groups is 1. The number of thioether (sulfide) groups is 1. The molecule has 2 rings (SSSR count). The summed E-state index contributed by atoms with van der Waals surface area (Å²) in [6.45, 7) is 8.82. The van der Waals surface area contributed by atoms with Gasteiger partial charge in [-0.3, -0.25) is 4.79 Å². The fraction of sp³-hybridized carbons (Fsp3) is 0.800. The number of nitrogens with one attached hydrogen (secondary N) is 1. The van der Waals surface area contributed by atoms with E-state index in [4.69, 9.17) is 0 Å². The molecule has 1 amide bonds. The molecule has 4 heteroatoms. The lowest BCUT2D eigenvalue weighted by molar-refractivity contribution is -0.124. The van der Waals surface area contributed by atoms with Crippen LogP contribution in [-0.2, 0) is 4.79 Å². The largest absolute Gasteiger partial charge is 0.387 e. The highest BCUT2D eigenvalue weighted by molar-refractivity contribution is 7.99. The molecule has 1 aliphatic heterocycles. The Balaban J connectivity index is 1.89. The van der Waals surface area contributed by atoms with E-state index in [1.54, 1.807) is 11.8 Å². The van der Waals surface area contributed by atoms with Gasteiger partial charge in [-0.25, -0.2) is 0 Å². The first kappa shape index (κ1) is 14.9. The standard InChI is InChI=1S/C15H25NO2S/c1-10(2)7-11-12(14(11,3)4)13(17)16-8-15(18)5-6-19-9-15/h7,11-12,18H,5-6,8-9H2,1-4H3,(H,16,17). The van der Waals surface area contributed by atoms with Crippen molar-refractivity contribution < 1.29 is 9.90 Å². The highest BCUT2D eigenvalue weighted by atomic mass is 32.2. The van der Waals surface area contributed by atoms with Crippen LogP contribution in [0.25, 0.3) is 0 Å². The third-order valence-electron chi connectivity index (χ3n) is 4.38. The van der Waals surface area contributed by atoms with Crippen LogP contribution in [-0.4, -0.2) is 34.7 Å². The van der Waals surface area contributed by atoms with Crippen LogP contribution in [0.1, 0.15) is 34.1 Å². The fourth-order valence-corrected chi connectivity index (χ4v) is 4.24. The van der Waals surface area contributed by atoms with E-state index < -0.39 is 5.60 Å². The van der Waals surface area contributed by atoms with Crippen molar-refractivity contribution in [3.8, 4) is 0 Å². The first-order valence-corrected chi connectivity index (χ1v) is 8.15. The van der Waals surface area contributed by atoms with Crippen molar-refractivity contribution in [1.29, 1.82) is 0 Å². The van der Waals surface area contributed by atoms with E-state index in [-0.39, 0.29) is 17.2 Å². The molecule has 108 valence electrons. The summed E-state index contributed by atoms with van der Waals surface area (Å²) in [5, 5.41) is 13.2. The second-order valence-corrected chi connectivity index (χ2v) is 7.92. The molecule has 1 saturated heterocycles. The summed E-state index contributed by atoms with van der Waals surface area (Å²) in [6.07, 6.45) is 2.98. The molecule has 0 bridgehead atoms. The number of allylic oxidation sites excluding steroid dienone is 2. The van der Waals surface area contributed by atoms with Crippen LogP contribution < -0.4 is 5.32 Å². The number of amides is 1. The Morgan fingerprint density at radius 1 is 1.47 bits per heavy atom. The molecule has 0 spiro atoms. The van der Waals surface area contributed by atoms with E-state index in [9.17, 15) is 9.90 Å². The van der Waals surface area contributed by atoms with Crippen molar-refractivity contribution in [3.63, 3.8) is 0 Å². The van der Waals surface area contributed by atoms with Crippen LogP contribution in [0.2, 0.25) is 0 Å². The predicted octanol–water partition coefficient (Wildman–Crippen LogP) is 2.21. The number of rotatable bonds is 4. The lowest BCUT2D eigenvalue weighted by Crippen LogP contribution is -2.43. The summed E-state index contributed by atoms with van der Waals surface area (Å²) in [7, 11) is 0. The van der Waals surface area contributed by atoms with Crippen LogP contribution in [0.4, 0.5) is 0 Å². The SMILES string of the molecule is CC(C)=CC1C(C(=O)NCC2(O)CCSC2)C1(C)C. The summed E-state index contributed by atoms with van der Waals surface area (Å²) in [5.74, 6) is 2.21. The van der Waals surface area contributed by atoms with Gasteiger partial charge in [0, 0.05) is 12.3 Å². The van der Waals surface area contributed by atoms with Crippen molar-refractivity contribution in [1.82, 2.24) is 5.32 Å². The lowest BCUT2D eigenvalue weighted by atomic mass is 10.0. The highest BCUT2D eigenvalue weighted by Gasteiger charge is 2.60. The number of carbonyl (C=O) groups excluding carboxylic acids is 1. The van der Waals surface area contributed by atoms with Crippen molar-refractivity contribution in [2.24, 2.45) is 17.3 Å². The van der Waals surface area contributed by atoms with E-state index in [0.717, 1.165) is 17.9 Å². The maximum atomic E-state index is 12.3. The number of carbonyl (C=O) groups is 1. The Kier molecular flexibility index (Phi) is 4.03. The maximum Gasteiger partial charge on any atom is 0.224 e. The summed E-state index contributed by atoms with van der Waals surface area (Å²) in [4.78, 5) is 12.3. The summed E-state index contributed by atoms with van der Waals surface area (Å²) in [5.41, 5.74) is 0.624. The van der Waals surface area contributed by atoms with Gasteiger partial charge in [-0.2, -0.15) is 11.8 Å². The molecule has 0 aromatic carbocycles. The van der Waals surface area contributed by atoms with Gasteiger partial charge in [0.15, 0.2) is 0 Å². The molecule has 3 nitrogen and oxygen atoms in total. The van der Waals surface area contributed by atoms with Crippen molar-refractivity contribution in [2.45, 2.75) is 39.7 Å². The molecule has 2 aliphatic rings. The molecule has 0 aromatic heterocycles. The first-order valence-electron chi connectivity index (χ1n) is 6.99. The Morgan fingerprint density at radius 2 is 2.16 bits per heavy atom.